The molecule has 0 aliphatic rings. The third-order valence-corrected chi connectivity index (χ3v) is 2.21. The summed E-state index contributed by atoms with van der Waals surface area (Å²) in [7, 11) is 1.91. The topological polar surface area (TPSA) is 29.3 Å². The van der Waals surface area contributed by atoms with Gasteiger partial charge >= 0.3 is 0 Å². The van der Waals surface area contributed by atoms with Crippen molar-refractivity contribution in [2.24, 2.45) is 0 Å². The molecule has 0 amide bonds. The van der Waals surface area contributed by atoms with Crippen molar-refractivity contribution >= 4 is 17.1 Å². The summed E-state index contributed by atoms with van der Waals surface area (Å²) in [5.41, 5.74) is 2.14. The average molecular weight is 196 g/mol. The van der Waals surface area contributed by atoms with Crippen molar-refractivity contribution in [1.29, 1.82) is 0 Å². The van der Waals surface area contributed by atoms with Crippen LogP contribution in [0.15, 0.2) is 24.4 Å². The molecule has 3 nitrogen and oxygen atoms in total. The van der Waals surface area contributed by atoms with Crippen LogP contribution in [0, 0.1) is 0 Å². The van der Waals surface area contributed by atoms with Crippen molar-refractivity contribution in [2.45, 2.75) is 6.54 Å². The monoisotopic (exact) mass is 195 g/mol. The van der Waals surface area contributed by atoms with E-state index in [1.165, 1.54) is 0 Å². The summed E-state index contributed by atoms with van der Waals surface area (Å²) < 4.78 is 1.93. The highest BCUT2D eigenvalue weighted by Gasteiger charge is 2.03. The van der Waals surface area contributed by atoms with Gasteiger partial charge in [-0.25, -0.2) is 4.98 Å². The predicted molar refractivity (Wildman–Crippen MR) is 53.0 cm³/mol. The Bertz CT molecular complexity index is 422. The number of aromatic nitrogens is 2. The molecule has 0 saturated carbocycles. The lowest BCUT2D eigenvalue weighted by Gasteiger charge is -2.04. The van der Waals surface area contributed by atoms with Gasteiger partial charge in [0.25, 0.3) is 0 Å². The van der Waals surface area contributed by atoms with Crippen molar-refractivity contribution in [3.63, 3.8) is 0 Å². The Morgan fingerprint density at radius 3 is 3.15 bits per heavy atom. The molecule has 0 aromatic carbocycles. The smallest absolute Gasteiger partial charge is 0.207 e. The number of nitrogens with zero attached hydrogens (tertiary/aromatic N) is 2. The Morgan fingerprint density at radius 1 is 1.54 bits per heavy atom. The highest BCUT2D eigenvalue weighted by atomic mass is 35.5. The van der Waals surface area contributed by atoms with Crippen molar-refractivity contribution in [3.8, 4) is 0 Å². The minimum Gasteiger partial charge on any atom is -0.314 e. The lowest BCUT2D eigenvalue weighted by Crippen LogP contribution is -2.09. The fourth-order valence-electron chi connectivity index (χ4n) is 1.39. The van der Waals surface area contributed by atoms with Gasteiger partial charge in [-0.3, -0.25) is 4.40 Å². The van der Waals surface area contributed by atoms with E-state index < -0.39 is 0 Å². The molecule has 2 heterocycles. The van der Waals surface area contributed by atoms with Crippen LogP contribution in [0.1, 0.15) is 5.69 Å². The SMILES string of the molecule is CNCc1cccc2cnc(Cl)n12. The van der Waals surface area contributed by atoms with Crippen LogP contribution in [0.4, 0.5) is 0 Å². The second-order valence-electron chi connectivity index (χ2n) is 2.83. The van der Waals surface area contributed by atoms with Crippen LogP contribution in [-0.4, -0.2) is 16.4 Å². The molecule has 2 aromatic heterocycles. The van der Waals surface area contributed by atoms with E-state index in [0.717, 1.165) is 17.8 Å². The van der Waals surface area contributed by atoms with Crippen LogP contribution >= 0.6 is 11.6 Å². The first-order valence-electron chi connectivity index (χ1n) is 4.08. The maximum absolute atomic E-state index is 5.94. The van der Waals surface area contributed by atoms with E-state index in [9.17, 15) is 0 Å². The van der Waals surface area contributed by atoms with E-state index in [0.29, 0.717) is 5.28 Å². The first kappa shape index (κ1) is 8.53. The maximum Gasteiger partial charge on any atom is 0.207 e. The standard InChI is InChI=1S/C9H10ClN3/c1-11-5-7-3-2-4-8-6-12-9(10)13(7)8/h2-4,6,11H,5H2,1H3. The number of halogens is 1. The molecular formula is C9H10ClN3. The van der Waals surface area contributed by atoms with Crippen LogP contribution in [0.5, 0.6) is 0 Å². The molecule has 0 bridgehead atoms. The zero-order valence-electron chi connectivity index (χ0n) is 7.29. The largest absolute Gasteiger partial charge is 0.314 e. The van der Waals surface area contributed by atoms with Crippen LogP contribution in [0.3, 0.4) is 0 Å². The fraction of sp³-hybridized carbons (Fsp3) is 0.222. The van der Waals surface area contributed by atoms with Gasteiger partial charge in [0.15, 0.2) is 0 Å². The molecule has 13 heavy (non-hydrogen) atoms. The van der Waals surface area contributed by atoms with Crippen LogP contribution in [-0.2, 0) is 6.54 Å². The Kier molecular flexibility index (Phi) is 2.20. The van der Waals surface area contributed by atoms with Crippen molar-refractivity contribution < 1.29 is 0 Å². The summed E-state index contributed by atoms with van der Waals surface area (Å²) in [6.45, 7) is 0.785. The summed E-state index contributed by atoms with van der Waals surface area (Å²) in [5.74, 6) is 0. The number of pyridine rings is 1. The molecule has 0 saturated heterocycles. The highest BCUT2D eigenvalue weighted by molar-refractivity contribution is 6.28. The molecule has 0 aliphatic carbocycles. The Morgan fingerprint density at radius 2 is 2.38 bits per heavy atom. The summed E-state index contributed by atoms with van der Waals surface area (Å²) in [6, 6.07) is 6.01. The number of fused-ring (bicyclic) bond motifs is 1. The number of imidazole rings is 1. The second kappa shape index (κ2) is 3.36. The molecular weight excluding hydrogens is 186 g/mol. The van der Waals surface area contributed by atoms with Gasteiger partial charge < -0.3 is 5.32 Å². The first-order valence-corrected chi connectivity index (χ1v) is 4.46. The molecule has 0 spiro atoms. The van der Waals surface area contributed by atoms with Crippen LogP contribution in [0.2, 0.25) is 5.28 Å². The zero-order valence-corrected chi connectivity index (χ0v) is 8.04. The van der Waals surface area contributed by atoms with Gasteiger partial charge in [0.2, 0.25) is 5.28 Å². The second-order valence-corrected chi connectivity index (χ2v) is 3.17. The molecule has 0 atom stereocenters. The third kappa shape index (κ3) is 1.41. The summed E-state index contributed by atoms with van der Waals surface area (Å²) in [5, 5.41) is 3.60. The molecule has 1 N–H and O–H groups in total. The van der Waals surface area contributed by atoms with E-state index in [1.54, 1.807) is 6.20 Å². The molecule has 0 unspecified atom stereocenters. The normalized spacial score (nSPS) is 10.9. The van der Waals surface area contributed by atoms with Gasteiger partial charge in [0.05, 0.1) is 11.7 Å². The molecule has 2 rings (SSSR count). The predicted octanol–water partition coefficient (Wildman–Crippen LogP) is 1.71. The zero-order chi connectivity index (χ0) is 9.26. The molecule has 0 fully saturated rings. The minimum absolute atomic E-state index is 0.515. The van der Waals surface area contributed by atoms with Gasteiger partial charge in [0.1, 0.15) is 0 Å². The third-order valence-electron chi connectivity index (χ3n) is 1.95. The van der Waals surface area contributed by atoms with E-state index in [4.69, 9.17) is 11.6 Å². The molecule has 68 valence electrons. The average Bonchev–Trinajstić information content (AvgIpc) is 2.50. The van der Waals surface area contributed by atoms with Gasteiger partial charge in [-0.15, -0.1) is 0 Å². The van der Waals surface area contributed by atoms with E-state index in [-0.39, 0.29) is 0 Å². The number of hydrogen-bond donors (Lipinski definition) is 1. The molecule has 2 aromatic rings. The highest BCUT2D eigenvalue weighted by Crippen LogP contribution is 2.14. The summed E-state index contributed by atoms with van der Waals surface area (Å²) in [4.78, 5) is 4.04. The number of nitrogens with one attached hydrogen (secondary N) is 1. The maximum atomic E-state index is 5.94. The summed E-state index contributed by atoms with van der Waals surface area (Å²) in [6.07, 6.45) is 1.77. The van der Waals surface area contributed by atoms with Crippen molar-refractivity contribution in [1.82, 2.24) is 14.7 Å². The molecule has 0 radical (unpaired) electrons. The lowest BCUT2D eigenvalue weighted by atomic mass is 10.3. The molecule has 4 heteroatoms. The van der Waals surface area contributed by atoms with Crippen molar-refractivity contribution in [3.05, 3.63) is 35.4 Å². The summed E-state index contributed by atoms with van der Waals surface area (Å²) >= 11 is 5.94. The van der Waals surface area contributed by atoms with Gasteiger partial charge in [-0.05, 0) is 30.8 Å². The van der Waals surface area contributed by atoms with Gasteiger partial charge in [-0.1, -0.05) is 6.07 Å². The van der Waals surface area contributed by atoms with E-state index in [1.807, 2.05) is 29.6 Å². The van der Waals surface area contributed by atoms with Crippen LogP contribution < -0.4 is 5.32 Å². The molecule has 0 aliphatic heterocycles. The number of rotatable bonds is 2. The van der Waals surface area contributed by atoms with Crippen molar-refractivity contribution in [2.75, 3.05) is 7.05 Å². The minimum atomic E-state index is 0.515. The lowest BCUT2D eigenvalue weighted by molar-refractivity contribution is 0.777. The van der Waals surface area contributed by atoms with E-state index in [2.05, 4.69) is 10.3 Å². The fourth-order valence-corrected chi connectivity index (χ4v) is 1.65. The van der Waals surface area contributed by atoms with Crippen LogP contribution in [0.25, 0.3) is 5.52 Å². The van der Waals surface area contributed by atoms with E-state index >= 15 is 0 Å². The van der Waals surface area contributed by atoms with Gasteiger partial charge in [0, 0.05) is 12.2 Å². The Hall–Kier alpha value is -1.06. The quantitative estimate of drug-likeness (QED) is 0.791. The first-order chi connectivity index (χ1) is 6.33. The Balaban J connectivity index is 2.65. The number of hydrogen-bond acceptors (Lipinski definition) is 2. The Labute approximate surface area is 81.4 Å². The van der Waals surface area contributed by atoms with Gasteiger partial charge in [-0.2, -0.15) is 0 Å².